The maximum atomic E-state index is 13.4. The van der Waals surface area contributed by atoms with Gasteiger partial charge in [-0.15, -0.1) is 10.2 Å². The number of nitrogens with one attached hydrogen (secondary N) is 3. The number of amides is 4. The van der Waals surface area contributed by atoms with Crippen LogP contribution in [0.1, 0.15) is 83.8 Å². The number of fused-ring (bicyclic) bond motifs is 1. The lowest BCUT2D eigenvalue weighted by Gasteiger charge is -2.37. The topological polar surface area (TPSA) is 195 Å². The molecule has 322 valence electrons. The summed E-state index contributed by atoms with van der Waals surface area (Å²) in [6.45, 7) is 8.23. The Labute approximate surface area is 365 Å². The second kappa shape index (κ2) is 17.8. The zero-order chi connectivity index (χ0) is 42.8. The van der Waals surface area contributed by atoms with Crippen molar-refractivity contribution < 1.29 is 19.2 Å². The zero-order valence-corrected chi connectivity index (χ0v) is 35.8. The number of benzene rings is 2. The van der Waals surface area contributed by atoms with Gasteiger partial charge in [0, 0.05) is 99.1 Å². The quantitative estimate of drug-likeness (QED) is 0.159. The summed E-state index contributed by atoms with van der Waals surface area (Å²) in [5.41, 5.74) is 11.8. The second-order valence-electron chi connectivity index (χ2n) is 17.1. The predicted octanol–water partition coefficient (Wildman–Crippen LogP) is 4.10. The Hall–Kier alpha value is -5.91. The van der Waals surface area contributed by atoms with Crippen molar-refractivity contribution in [3.8, 4) is 0 Å². The summed E-state index contributed by atoms with van der Waals surface area (Å²) in [6.07, 6.45) is 8.82. The van der Waals surface area contributed by atoms with Crippen LogP contribution in [0.2, 0.25) is 0 Å². The van der Waals surface area contributed by atoms with Crippen molar-refractivity contribution in [3.05, 3.63) is 101 Å². The van der Waals surface area contributed by atoms with Gasteiger partial charge in [0.2, 0.25) is 11.8 Å². The van der Waals surface area contributed by atoms with Gasteiger partial charge in [-0.1, -0.05) is 30.0 Å². The van der Waals surface area contributed by atoms with Crippen LogP contribution in [0.4, 0.5) is 17.3 Å². The molecule has 0 bridgehead atoms. The van der Waals surface area contributed by atoms with Crippen molar-refractivity contribution in [2.75, 3.05) is 60.9 Å². The molecule has 2 aromatic carbocycles. The Morgan fingerprint density at radius 3 is 2.45 bits per heavy atom. The van der Waals surface area contributed by atoms with Crippen molar-refractivity contribution >= 4 is 52.7 Å². The lowest BCUT2D eigenvalue weighted by molar-refractivity contribution is -0.122. The first kappa shape index (κ1) is 41.4. The standard InChI is InChI=1S/C45H52N12O4S/c1-45(46)14-17-55(18-15-45)38-26-48-41(27-47-38)62-33-4-2-3-32(24-33)50-40(59)13-16-54-19-21-56(22-20-54)37-11-9-35(52-53-37)43(60)49-25-29-5-8-34-31(23-29)28-57(44(34)61)36-10-12-39(58)51-42(36)30-6-7-30/h2-5,8-9,11,23-24,26-27,36H,6-7,10,12-22,25,28,46H2,1H3,(H,49,60)(H,50,59)(H,51,58). The molecule has 0 spiro atoms. The fraction of sp³-hybridized carbons (Fsp3) is 0.422. The number of allylic oxidation sites excluding steroid dienone is 1. The van der Waals surface area contributed by atoms with Crippen LogP contribution in [0.3, 0.4) is 0 Å². The minimum absolute atomic E-state index is 0.0175. The molecule has 4 amide bonds. The number of piperidine rings is 2. The summed E-state index contributed by atoms with van der Waals surface area (Å²) in [6, 6.07) is 16.8. The number of aromatic nitrogens is 4. The van der Waals surface area contributed by atoms with Crippen LogP contribution in [-0.4, -0.2) is 111 Å². The number of hydrogen-bond donors (Lipinski definition) is 4. The van der Waals surface area contributed by atoms with Gasteiger partial charge in [-0.3, -0.25) is 24.1 Å². The van der Waals surface area contributed by atoms with Crippen molar-refractivity contribution in [3.63, 3.8) is 0 Å². The third kappa shape index (κ3) is 9.74. The van der Waals surface area contributed by atoms with Gasteiger partial charge >= 0.3 is 0 Å². The van der Waals surface area contributed by atoms with Crippen molar-refractivity contribution in [1.29, 1.82) is 0 Å². The van der Waals surface area contributed by atoms with Crippen LogP contribution >= 0.6 is 11.8 Å². The molecule has 16 nitrogen and oxygen atoms in total. The molecule has 62 heavy (non-hydrogen) atoms. The van der Waals surface area contributed by atoms with Crippen LogP contribution in [0.5, 0.6) is 0 Å². The molecule has 5 N–H and O–H groups in total. The summed E-state index contributed by atoms with van der Waals surface area (Å²) >= 11 is 1.51. The molecule has 6 heterocycles. The van der Waals surface area contributed by atoms with E-state index in [4.69, 9.17) is 5.73 Å². The molecule has 4 aliphatic heterocycles. The zero-order valence-electron chi connectivity index (χ0n) is 34.9. The van der Waals surface area contributed by atoms with E-state index in [0.29, 0.717) is 43.7 Å². The number of nitrogens with zero attached hydrogens (tertiary/aromatic N) is 8. The number of hydrogen-bond acceptors (Lipinski definition) is 13. The van der Waals surface area contributed by atoms with Crippen LogP contribution in [0.25, 0.3) is 0 Å². The lowest BCUT2D eigenvalue weighted by Crippen LogP contribution is -2.48. The normalized spacial score (nSPS) is 19.9. The Bertz CT molecular complexity index is 2370. The highest BCUT2D eigenvalue weighted by atomic mass is 32.2. The highest BCUT2D eigenvalue weighted by Crippen LogP contribution is 2.38. The Morgan fingerprint density at radius 1 is 0.903 bits per heavy atom. The first-order valence-electron chi connectivity index (χ1n) is 21.5. The third-order valence-electron chi connectivity index (χ3n) is 12.4. The average Bonchev–Trinajstić information content (AvgIpc) is 4.08. The molecular weight excluding hydrogens is 805 g/mol. The molecule has 4 fully saturated rings. The largest absolute Gasteiger partial charge is 0.355 e. The Kier molecular flexibility index (Phi) is 11.9. The number of nitrogens with two attached hydrogens (primary N) is 1. The third-order valence-corrected chi connectivity index (χ3v) is 13.3. The van der Waals surface area contributed by atoms with Gasteiger partial charge < -0.3 is 36.4 Å². The minimum atomic E-state index is -0.331. The maximum absolute atomic E-state index is 13.4. The van der Waals surface area contributed by atoms with E-state index >= 15 is 0 Å². The summed E-state index contributed by atoms with van der Waals surface area (Å²) in [5.74, 6) is 1.19. The predicted molar refractivity (Wildman–Crippen MR) is 235 cm³/mol. The van der Waals surface area contributed by atoms with Gasteiger partial charge in [-0.05, 0) is 92.1 Å². The second-order valence-corrected chi connectivity index (χ2v) is 18.2. The Morgan fingerprint density at radius 2 is 1.71 bits per heavy atom. The maximum Gasteiger partial charge on any atom is 0.272 e. The molecule has 17 heteroatoms. The molecular formula is C45H52N12O4S. The number of rotatable bonds is 12. The average molecular weight is 857 g/mol. The molecule has 3 saturated heterocycles. The molecule has 1 aliphatic carbocycles. The van der Waals surface area contributed by atoms with E-state index in [2.05, 4.69) is 57.7 Å². The number of carbonyl (C=O) groups excluding carboxylic acids is 4. The van der Waals surface area contributed by atoms with E-state index < -0.39 is 0 Å². The molecule has 9 rings (SSSR count). The highest BCUT2D eigenvalue weighted by molar-refractivity contribution is 7.99. The van der Waals surface area contributed by atoms with Crippen LogP contribution in [0, 0.1) is 0 Å². The van der Waals surface area contributed by atoms with E-state index in [1.165, 1.54) is 17.3 Å². The summed E-state index contributed by atoms with van der Waals surface area (Å²) in [5, 5.41) is 18.4. The van der Waals surface area contributed by atoms with Crippen molar-refractivity contribution in [2.24, 2.45) is 5.73 Å². The van der Waals surface area contributed by atoms with E-state index in [0.717, 1.165) is 103 Å². The summed E-state index contributed by atoms with van der Waals surface area (Å²) in [4.78, 5) is 70.2. The van der Waals surface area contributed by atoms with Crippen molar-refractivity contribution in [2.45, 2.75) is 86.5 Å². The molecule has 0 radical (unpaired) electrons. The minimum Gasteiger partial charge on any atom is -0.355 e. The van der Waals surface area contributed by atoms with Gasteiger partial charge in [-0.2, -0.15) is 0 Å². The number of anilines is 3. The first-order valence-corrected chi connectivity index (χ1v) is 22.3. The summed E-state index contributed by atoms with van der Waals surface area (Å²) in [7, 11) is 0. The first-order chi connectivity index (χ1) is 30.0. The van der Waals surface area contributed by atoms with Gasteiger partial charge in [0.05, 0.1) is 18.4 Å². The van der Waals surface area contributed by atoms with E-state index in [-0.39, 0.29) is 47.4 Å². The molecule has 1 saturated carbocycles. The van der Waals surface area contributed by atoms with Gasteiger partial charge in [0.15, 0.2) is 11.5 Å². The van der Waals surface area contributed by atoms with E-state index in [1.807, 2.05) is 59.6 Å². The summed E-state index contributed by atoms with van der Waals surface area (Å²) < 4.78 is 0. The molecule has 5 aliphatic rings. The van der Waals surface area contributed by atoms with Crippen LogP contribution < -0.4 is 31.5 Å². The van der Waals surface area contributed by atoms with Crippen LogP contribution in [0.15, 0.2) is 88.2 Å². The molecule has 1 unspecified atom stereocenters. The van der Waals surface area contributed by atoms with Crippen LogP contribution in [-0.2, 0) is 22.7 Å². The Balaban J connectivity index is 0.692. The van der Waals surface area contributed by atoms with Gasteiger partial charge in [0.1, 0.15) is 10.8 Å². The van der Waals surface area contributed by atoms with Gasteiger partial charge in [0.25, 0.3) is 11.8 Å². The molecule has 4 aromatic rings. The number of carbonyl (C=O) groups is 4. The molecule has 2 aromatic heterocycles. The fourth-order valence-corrected chi connectivity index (χ4v) is 9.32. The fourth-order valence-electron chi connectivity index (χ4n) is 8.54. The monoisotopic (exact) mass is 856 g/mol. The van der Waals surface area contributed by atoms with E-state index in [1.54, 1.807) is 12.3 Å². The SMILES string of the molecule is CC1(N)CCN(c2cnc(Sc3cccc(NC(=O)CCN4CCN(c5ccc(C(=O)NCc6ccc7c(c6)CN(C6CCC(=O)NC6=C6CC6)C7=O)nn5)CC4)c3)cn2)CC1. The lowest BCUT2D eigenvalue weighted by atomic mass is 9.91. The number of piperazine rings is 1. The highest BCUT2D eigenvalue weighted by Gasteiger charge is 2.39. The molecule has 1 atom stereocenters. The van der Waals surface area contributed by atoms with Gasteiger partial charge in [-0.25, -0.2) is 9.97 Å². The smallest absolute Gasteiger partial charge is 0.272 e. The van der Waals surface area contributed by atoms with E-state index in [9.17, 15) is 19.2 Å². The van der Waals surface area contributed by atoms with Crippen molar-refractivity contribution in [1.82, 2.24) is 40.6 Å².